The number of carboxylic acid groups (broad SMARTS) is 1. The van der Waals surface area contributed by atoms with Crippen LogP contribution in [-0.4, -0.2) is 28.4 Å². The van der Waals surface area contributed by atoms with Gasteiger partial charge in [-0.05, 0) is 48.0 Å². The van der Waals surface area contributed by atoms with Gasteiger partial charge in [0.25, 0.3) is 0 Å². The van der Waals surface area contributed by atoms with Crippen molar-refractivity contribution < 1.29 is 14.6 Å². The molecule has 0 radical (unpaired) electrons. The summed E-state index contributed by atoms with van der Waals surface area (Å²) in [5.41, 5.74) is 3.55. The molecule has 0 amide bonds. The smallest absolute Gasteiger partial charge is 0.335 e. The Hall–Kier alpha value is -3.08. The monoisotopic (exact) mass is 294 g/mol. The molecule has 1 aromatic heterocycles. The third-order valence-corrected chi connectivity index (χ3v) is 3.38. The molecule has 1 heterocycles. The highest BCUT2D eigenvalue weighted by Crippen LogP contribution is 2.25. The van der Waals surface area contributed by atoms with Crippen molar-refractivity contribution in [1.29, 1.82) is 0 Å². The van der Waals surface area contributed by atoms with Crippen molar-refractivity contribution in [3.8, 4) is 28.3 Å². The zero-order valence-electron chi connectivity index (χ0n) is 11.9. The highest BCUT2D eigenvalue weighted by molar-refractivity contribution is 5.89. The fourth-order valence-corrected chi connectivity index (χ4v) is 2.20. The predicted octanol–water partition coefficient (Wildman–Crippen LogP) is 3.45. The highest BCUT2D eigenvalue weighted by Gasteiger charge is 2.09. The molecule has 3 rings (SSSR count). The van der Waals surface area contributed by atoms with Crippen molar-refractivity contribution in [3.63, 3.8) is 0 Å². The van der Waals surface area contributed by atoms with E-state index < -0.39 is 5.97 Å². The van der Waals surface area contributed by atoms with Crippen LogP contribution in [0.4, 0.5) is 0 Å². The number of benzene rings is 2. The van der Waals surface area contributed by atoms with Crippen molar-refractivity contribution in [2.45, 2.75) is 0 Å². The van der Waals surface area contributed by atoms with Gasteiger partial charge in [-0.1, -0.05) is 12.1 Å². The van der Waals surface area contributed by atoms with E-state index in [1.165, 1.54) is 0 Å². The fourth-order valence-electron chi connectivity index (χ4n) is 2.20. The lowest BCUT2D eigenvalue weighted by Gasteiger charge is -2.00. The number of aromatic amines is 1. The summed E-state index contributed by atoms with van der Waals surface area (Å²) >= 11 is 0. The van der Waals surface area contributed by atoms with Crippen LogP contribution in [0.15, 0.2) is 54.6 Å². The summed E-state index contributed by atoms with van der Waals surface area (Å²) in [6.07, 6.45) is 0. The Balaban J connectivity index is 1.93. The summed E-state index contributed by atoms with van der Waals surface area (Å²) in [7, 11) is 1.62. The molecule has 5 nitrogen and oxygen atoms in total. The van der Waals surface area contributed by atoms with Gasteiger partial charge < -0.3 is 9.84 Å². The maximum atomic E-state index is 11.0. The standard InChI is InChI=1S/C17H14N2O3/c1-22-14-7-5-11(6-8-14)15-10-16(19-18-15)12-3-2-4-13(9-12)17(20)21/h2-10H,1H3,(H,18,19)(H,20,21). The van der Waals surface area contributed by atoms with E-state index >= 15 is 0 Å². The van der Waals surface area contributed by atoms with Crippen LogP contribution in [0.25, 0.3) is 22.5 Å². The number of ether oxygens (including phenoxy) is 1. The van der Waals surface area contributed by atoms with Gasteiger partial charge in [-0.3, -0.25) is 5.10 Å². The summed E-state index contributed by atoms with van der Waals surface area (Å²) in [5.74, 6) is -0.162. The van der Waals surface area contributed by atoms with Gasteiger partial charge in [0.05, 0.1) is 24.1 Å². The van der Waals surface area contributed by atoms with Crippen LogP contribution >= 0.6 is 0 Å². The van der Waals surface area contributed by atoms with Crippen molar-refractivity contribution in [2.24, 2.45) is 0 Å². The lowest BCUT2D eigenvalue weighted by Crippen LogP contribution is -1.95. The molecular formula is C17H14N2O3. The molecule has 2 aromatic carbocycles. The number of rotatable bonds is 4. The summed E-state index contributed by atoms with van der Waals surface area (Å²) in [5, 5.41) is 16.3. The third-order valence-electron chi connectivity index (χ3n) is 3.38. The summed E-state index contributed by atoms with van der Waals surface area (Å²) in [6, 6.07) is 16.2. The van der Waals surface area contributed by atoms with Crippen LogP contribution in [-0.2, 0) is 0 Å². The lowest BCUT2D eigenvalue weighted by atomic mass is 10.1. The molecule has 0 unspecified atom stereocenters. The molecule has 0 saturated heterocycles. The van der Waals surface area contributed by atoms with E-state index in [2.05, 4.69) is 10.2 Å². The Morgan fingerprint density at radius 2 is 1.86 bits per heavy atom. The fraction of sp³-hybridized carbons (Fsp3) is 0.0588. The van der Waals surface area contributed by atoms with Gasteiger partial charge in [-0.25, -0.2) is 4.79 Å². The number of nitrogens with one attached hydrogen (secondary N) is 1. The minimum atomic E-state index is -0.951. The van der Waals surface area contributed by atoms with Gasteiger partial charge in [0.15, 0.2) is 0 Å². The first-order valence-corrected chi connectivity index (χ1v) is 6.71. The molecule has 0 aliphatic heterocycles. The first-order valence-electron chi connectivity index (χ1n) is 6.71. The van der Waals surface area contributed by atoms with Gasteiger partial charge in [-0.15, -0.1) is 0 Å². The number of carboxylic acids is 1. The van der Waals surface area contributed by atoms with Gasteiger partial charge in [0.2, 0.25) is 0 Å². The first-order chi connectivity index (χ1) is 10.7. The predicted molar refractivity (Wildman–Crippen MR) is 83.0 cm³/mol. The molecular weight excluding hydrogens is 280 g/mol. The number of hydrogen-bond donors (Lipinski definition) is 2. The van der Waals surface area contributed by atoms with Gasteiger partial charge in [0, 0.05) is 5.56 Å². The number of nitrogens with zero attached hydrogens (tertiary/aromatic N) is 1. The molecule has 0 spiro atoms. The van der Waals surface area contributed by atoms with E-state index in [4.69, 9.17) is 9.84 Å². The van der Waals surface area contributed by atoms with Gasteiger partial charge >= 0.3 is 5.97 Å². The number of methoxy groups -OCH3 is 1. The van der Waals surface area contributed by atoms with Crippen LogP contribution in [0.5, 0.6) is 5.75 Å². The maximum Gasteiger partial charge on any atom is 0.335 e. The molecule has 0 atom stereocenters. The average Bonchev–Trinajstić information content (AvgIpc) is 3.05. The maximum absolute atomic E-state index is 11.0. The van der Waals surface area contributed by atoms with E-state index in [-0.39, 0.29) is 5.56 Å². The number of carbonyl (C=O) groups is 1. The molecule has 2 N–H and O–H groups in total. The topological polar surface area (TPSA) is 75.2 Å². The SMILES string of the molecule is COc1ccc(-c2cc(-c3cccc(C(=O)O)c3)n[nH]2)cc1. The molecule has 0 aliphatic carbocycles. The molecule has 0 fully saturated rings. The van der Waals surface area contributed by atoms with Crippen LogP contribution in [0.3, 0.4) is 0 Å². The second-order valence-electron chi connectivity index (χ2n) is 4.78. The van der Waals surface area contributed by atoms with E-state index in [0.29, 0.717) is 5.69 Å². The highest BCUT2D eigenvalue weighted by atomic mass is 16.5. The van der Waals surface area contributed by atoms with Gasteiger partial charge in [-0.2, -0.15) is 5.10 Å². The van der Waals surface area contributed by atoms with Crippen molar-refractivity contribution >= 4 is 5.97 Å². The van der Waals surface area contributed by atoms with Crippen LogP contribution in [0, 0.1) is 0 Å². The third kappa shape index (κ3) is 2.69. The average molecular weight is 294 g/mol. The molecule has 22 heavy (non-hydrogen) atoms. The second-order valence-corrected chi connectivity index (χ2v) is 4.78. The molecule has 110 valence electrons. The van der Waals surface area contributed by atoms with E-state index in [1.807, 2.05) is 36.4 Å². The molecule has 3 aromatic rings. The van der Waals surface area contributed by atoms with E-state index in [0.717, 1.165) is 22.6 Å². The first kappa shape index (κ1) is 13.9. The summed E-state index contributed by atoms with van der Waals surface area (Å²) in [4.78, 5) is 11.0. The van der Waals surface area contributed by atoms with Crippen LogP contribution < -0.4 is 4.74 Å². The van der Waals surface area contributed by atoms with Crippen LogP contribution in [0.2, 0.25) is 0 Å². The molecule has 0 aliphatic rings. The van der Waals surface area contributed by atoms with Crippen LogP contribution in [0.1, 0.15) is 10.4 Å². The molecule has 0 saturated carbocycles. The molecule has 0 bridgehead atoms. The Bertz CT molecular complexity index is 807. The minimum absolute atomic E-state index is 0.242. The van der Waals surface area contributed by atoms with Crippen molar-refractivity contribution in [3.05, 3.63) is 60.2 Å². The number of hydrogen-bond acceptors (Lipinski definition) is 3. The normalized spacial score (nSPS) is 10.4. The number of aromatic nitrogens is 2. The summed E-state index contributed by atoms with van der Waals surface area (Å²) < 4.78 is 5.13. The quantitative estimate of drug-likeness (QED) is 0.772. The Kier molecular flexibility index (Phi) is 3.62. The minimum Gasteiger partial charge on any atom is -0.497 e. The number of H-pyrrole nitrogens is 1. The molecule has 5 heteroatoms. The lowest BCUT2D eigenvalue weighted by molar-refractivity contribution is 0.0697. The largest absolute Gasteiger partial charge is 0.497 e. The summed E-state index contributed by atoms with van der Waals surface area (Å²) in [6.45, 7) is 0. The number of aromatic carboxylic acids is 1. The Morgan fingerprint density at radius 1 is 1.09 bits per heavy atom. The van der Waals surface area contributed by atoms with E-state index in [9.17, 15) is 4.79 Å². The zero-order chi connectivity index (χ0) is 15.5. The van der Waals surface area contributed by atoms with Crippen molar-refractivity contribution in [2.75, 3.05) is 7.11 Å². The van der Waals surface area contributed by atoms with Crippen molar-refractivity contribution in [1.82, 2.24) is 10.2 Å². The van der Waals surface area contributed by atoms with Gasteiger partial charge in [0.1, 0.15) is 5.75 Å². The Labute approximate surface area is 127 Å². The zero-order valence-corrected chi connectivity index (χ0v) is 11.9. The van der Waals surface area contributed by atoms with E-state index in [1.54, 1.807) is 25.3 Å². The second kappa shape index (κ2) is 5.73. The Morgan fingerprint density at radius 3 is 2.55 bits per heavy atom.